The molecule has 5 nitrogen and oxygen atoms in total. The maximum Gasteiger partial charge on any atom is 0.347 e. The summed E-state index contributed by atoms with van der Waals surface area (Å²) in [6.07, 6.45) is 1.66. The highest BCUT2D eigenvalue weighted by Gasteiger charge is 2.24. The van der Waals surface area contributed by atoms with Crippen LogP contribution in [0.15, 0.2) is 0 Å². The molecule has 112 valence electrons. The fraction of sp³-hybridized carbons (Fsp3) is 0.714. The first-order chi connectivity index (χ1) is 9.52. The Morgan fingerprint density at radius 3 is 2.50 bits per heavy atom. The standard InChI is InChI=1S/C14H23N3O2S/c1-4-5-11-12(13(18)19)20-14(15-11)17-8-6-16(7-9-17)10(2)3/h10H,4-9H2,1-3H3,(H,18,19). The molecule has 0 unspecified atom stereocenters. The molecule has 2 rings (SSSR count). The normalized spacial score (nSPS) is 16.9. The van der Waals surface area contributed by atoms with Crippen molar-refractivity contribution in [1.29, 1.82) is 0 Å². The molecule has 20 heavy (non-hydrogen) atoms. The number of hydrogen-bond donors (Lipinski definition) is 1. The van der Waals surface area contributed by atoms with Crippen LogP contribution in [0.5, 0.6) is 0 Å². The second kappa shape index (κ2) is 6.54. The van der Waals surface area contributed by atoms with Crippen LogP contribution in [0, 0.1) is 0 Å². The van der Waals surface area contributed by atoms with Crippen LogP contribution in [-0.2, 0) is 6.42 Å². The number of carboxylic acid groups (broad SMARTS) is 1. The van der Waals surface area contributed by atoms with Gasteiger partial charge >= 0.3 is 5.97 Å². The largest absolute Gasteiger partial charge is 0.477 e. The average molecular weight is 297 g/mol. The minimum absolute atomic E-state index is 0.410. The van der Waals surface area contributed by atoms with Crippen LogP contribution in [0.3, 0.4) is 0 Å². The van der Waals surface area contributed by atoms with E-state index in [1.807, 2.05) is 6.92 Å². The zero-order valence-corrected chi connectivity index (χ0v) is 13.2. The number of carboxylic acids is 1. The van der Waals surface area contributed by atoms with Crippen LogP contribution in [0.25, 0.3) is 0 Å². The van der Waals surface area contributed by atoms with Crippen LogP contribution >= 0.6 is 11.3 Å². The molecule has 1 aromatic rings. The second-order valence-electron chi connectivity index (χ2n) is 5.44. The van der Waals surface area contributed by atoms with Gasteiger partial charge in [0.25, 0.3) is 0 Å². The van der Waals surface area contributed by atoms with Crippen molar-refractivity contribution in [2.45, 2.75) is 39.7 Å². The van der Waals surface area contributed by atoms with E-state index in [-0.39, 0.29) is 0 Å². The van der Waals surface area contributed by atoms with Crippen LogP contribution < -0.4 is 4.90 Å². The van der Waals surface area contributed by atoms with Gasteiger partial charge in [0.05, 0.1) is 5.69 Å². The molecule has 0 aliphatic carbocycles. The number of hydrogen-bond acceptors (Lipinski definition) is 5. The van der Waals surface area contributed by atoms with Crippen molar-refractivity contribution in [3.8, 4) is 0 Å². The molecule has 0 atom stereocenters. The lowest BCUT2D eigenvalue weighted by Gasteiger charge is -2.36. The minimum atomic E-state index is -0.849. The van der Waals surface area contributed by atoms with Crippen LogP contribution in [0.2, 0.25) is 0 Å². The summed E-state index contributed by atoms with van der Waals surface area (Å²) in [6.45, 7) is 10.4. The van der Waals surface area contributed by atoms with Crippen molar-refractivity contribution < 1.29 is 9.90 Å². The van der Waals surface area contributed by atoms with Gasteiger partial charge in [-0.3, -0.25) is 4.90 Å². The van der Waals surface area contributed by atoms with E-state index in [0.29, 0.717) is 10.9 Å². The summed E-state index contributed by atoms with van der Waals surface area (Å²) in [6, 6.07) is 0.568. The lowest BCUT2D eigenvalue weighted by molar-refractivity contribution is 0.0700. The minimum Gasteiger partial charge on any atom is -0.477 e. The van der Waals surface area contributed by atoms with E-state index in [2.05, 4.69) is 28.6 Å². The number of aromatic carboxylic acids is 1. The Kier molecular flexibility index (Phi) is 4.99. The molecule has 0 bridgehead atoms. The molecular formula is C14H23N3O2S. The molecule has 0 spiro atoms. The molecule has 0 saturated carbocycles. The maximum atomic E-state index is 11.3. The topological polar surface area (TPSA) is 56.7 Å². The van der Waals surface area contributed by atoms with Gasteiger partial charge in [0.15, 0.2) is 5.13 Å². The van der Waals surface area contributed by atoms with Gasteiger partial charge in [-0.25, -0.2) is 9.78 Å². The van der Waals surface area contributed by atoms with E-state index in [0.717, 1.165) is 49.8 Å². The van der Waals surface area contributed by atoms with Crippen molar-refractivity contribution in [3.05, 3.63) is 10.6 Å². The molecule has 1 fully saturated rings. The Bertz CT molecular complexity index is 465. The molecule has 0 radical (unpaired) electrons. The number of thiazole rings is 1. The molecule has 1 saturated heterocycles. The molecule has 2 heterocycles. The summed E-state index contributed by atoms with van der Waals surface area (Å²) < 4.78 is 0. The average Bonchev–Trinajstić information content (AvgIpc) is 2.83. The van der Waals surface area contributed by atoms with Gasteiger partial charge in [-0.1, -0.05) is 24.7 Å². The first-order valence-electron chi connectivity index (χ1n) is 7.25. The van der Waals surface area contributed by atoms with Gasteiger partial charge in [-0.2, -0.15) is 0 Å². The molecule has 0 aromatic carbocycles. The van der Waals surface area contributed by atoms with Crippen molar-refractivity contribution in [1.82, 2.24) is 9.88 Å². The van der Waals surface area contributed by atoms with Crippen molar-refractivity contribution >= 4 is 22.4 Å². The van der Waals surface area contributed by atoms with E-state index in [9.17, 15) is 9.90 Å². The van der Waals surface area contributed by atoms with Gasteiger partial charge in [0.2, 0.25) is 0 Å². The van der Waals surface area contributed by atoms with Gasteiger partial charge in [-0.05, 0) is 20.3 Å². The third kappa shape index (κ3) is 3.30. The summed E-state index contributed by atoms with van der Waals surface area (Å²) >= 11 is 1.32. The fourth-order valence-corrected chi connectivity index (χ4v) is 3.48. The number of nitrogens with zero attached hydrogens (tertiary/aromatic N) is 3. The summed E-state index contributed by atoms with van der Waals surface area (Å²) in [4.78, 5) is 20.9. The number of anilines is 1. The predicted molar refractivity (Wildman–Crippen MR) is 82.0 cm³/mol. The SMILES string of the molecule is CCCc1nc(N2CCN(C(C)C)CC2)sc1C(=O)O. The number of rotatable bonds is 5. The molecule has 1 aromatic heterocycles. The third-order valence-corrected chi connectivity index (χ3v) is 4.83. The summed E-state index contributed by atoms with van der Waals surface area (Å²) in [5, 5.41) is 10.1. The lowest BCUT2D eigenvalue weighted by Crippen LogP contribution is -2.48. The Morgan fingerprint density at radius 1 is 1.35 bits per heavy atom. The van der Waals surface area contributed by atoms with Crippen molar-refractivity contribution in [3.63, 3.8) is 0 Å². The van der Waals surface area contributed by atoms with Crippen LogP contribution in [0.1, 0.15) is 42.6 Å². The smallest absolute Gasteiger partial charge is 0.347 e. The Balaban J connectivity index is 2.10. The quantitative estimate of drug-likeness (QED) is 0.904. The van der Waals surface area contributed by atoms with Crippen molar-refractivity contribution in [2.24, 2.45) is 0 Å². The van der Waals surface area contributed by atoms with Crippen molar-refractivity contribution in [2.75, 3.05) is 31.1 Å². The van der Waals surface area contributed by atoms with E-state index in [4.69, 9.17) is 0 Å². The van der Waals surface area contributed by atoms with Gasteiger partial charge in [-0.15, -0.1) is 0 Å². The number of aryl methyl sites for hydroxylation is 1. The monoisotopic (exact) mass is 297 g/mol. The molecule has 6 heteroatoms. The number of piperazine rings is 1. The molecular weight excluding hydrogens is 274 g/mol. The molecule has 1 N–H and O–H groups in total. The van der Waals surface area contributed by atoms with Gasteiger partial charge in [0, 0.05) is 32.2 Å². The summed E-state index contributed by atoms with van der Waals surface area (Å²) in [5.74, 6) is -0.849. The van der Waals surface area contributed by atoms with E-state index >= 15 is 0 Å². The van der Waals surface area contributed by atoms with Crippen LogP contribution in [-0.4, -0.2) is 53.2 Å². The lowest BCUT2D eigenvalue weighted by atomic mass is 10.2. The van der Waals surface area contributed by atoms with E-state index < -0.39 is 5.97 Å². The third-order valence-electron chi connectivity index (χ3n) is 3.68. The number of carbonyl (C=O) groups is 1. The fourth-order valence-electron chi connectivity index (χ4n) is 2.48. The summed E-state index contributed by atoms with van der Waals surface area (Å²) in [7, 11) is 0. The Morgan fingerprint density at radius 2 is 2.00 bits per heavy atom. The van der Waals surface area contributed by atoms with Gasteiger partial charge in [0.1, 0.15) is 4.88 Å². The summed E-state index contributed by atoms with van der Waals surface area (Å²) in [5.41, 5.74) is 0.742. The Labute approximate surface area is 124 Å². The molecule has 1 aliphatic rings. The highest BCUT2D eigenvalue weighted by atomic mass is 32.1. The van der Waals surface area contributed by atoms with E-state index in [1.165, 1.54) is 11.3 Å². The van der Waals surface area contributed by atoms with Crippen LogP contribution in [0.4, 0.5) is 5.13 Å². The highest BCUT2D eigenvalue weighted by molar-refractivity contribution is 7.17. The Hall–Kier alpha value is -1.14. The predicted octanol–water partition coefficient (Wildman–Crippen LogP) is 2.32. The molecule has 0 amide bonds. The maximum absolute atomic E-state index is 11.3. The van der Waals surface area contributed by atoms with E-state index in [1.54, 1.807) is 0 Å². The first-order valence-corrected chi connectivity index (χ1v) is 8.06. The van der Waals surface area contributed by atoms with Gasteiger partial charge < -0.3 is 10.0 Å². The molecule has 1 aliphatic heterocycles. The highest BCUT2D eigenvalue weighted by Crippen LogP contribution is 2.28. The zero-order chi connectivity index (χ0) is 14.7. The number of aromatic nitrogens is 1. The first kappa shape index (κ1) is 15.3. The second-order valence-corrected chi connectivity index (χ2v) is 6.42. The zero-order valence-electron chi connectivity index (χ0n) is 12.4.